The van der Waals surface area contributed by atoms with Gasteiger partial charge in [-0.1, -0.05) is 84.9 Å². The molecule has 0 fully saturated rings. The fourth-order valence-corrected chi connectivity index (χ4v) is 8.17. The molecule has 8 aromatic rings. The van der Waals surface area contributed by atoms with Crippen LogP contribution in [-0.2, 0) is 9.47 Å². The molecule has 0 aliphatic heterocycles. The minimum Gasteiger partial charge on any atom is -0.465 e. The van der Waals surface area contributed by atoms with Crippen molar-refractivity contribution in [2.75, 3.05) is 24.9 Å². The number of hydrogen-bond donors (Lipinski definition) is 2. The van der Waals surface area contributed by atoms with E-state index in [4.69, 9.17) is 9.47 Å². The van der Waals surface area contributed by atoms with Crippen molar-refractivity contribution in [3.05, 3.63) is 154 Å². The summed E-state index contributed by atoms with van der Waals surface area (Å²) in [4.78, 5) is 33.7. The Kier molecular flexibility index (Phi) is 10.9. The summed E-state index contributed by atoms with van der Waals surface area (Å²) in [6.07, 6.45) is 3.47. The van der Waals surface area contributed by atoms with E-state index in [1.165, 1.54) is 48.0 Å². The second kappa shape index (κ2) is 16.2. The summed E-state index contributed by atoms with van der Waals surface area (Å²) in [7, 11) is 2.77. The fourth-order valence-electron chi connectivity index (χ4n) is 5.57. The molecule has 0 unspecified atom stereocenters. The molecule has 0 saturated heterocycles. The smallest absolute Gasteiger partial charge is 0.348 e. The van der Waals surface area contributed by atoms with E-state index in [0.717, 1.165) is 53.0 Å². The molecule has 0 amide bonds. The summed E-state index contributed by atoms with van der Waals surface area (Å²) in [5.74, 6) is 0.765. The Morgan fingerprint density at radius 2 is 1.06 bits per heavy atom. The normalized spacial score (nSPS) is 10.7. The Bertz CT molecular complexity index is 2520. The number of benzene rings is 4. The average Bonchev–Trinajstić information content (AvgIpc) is 3.87. The maximum atomic E-state index is 11.9. The van der Waals surface area contributed by atoms with Crippen LogP contribution in [0, 0.1) is 0 Å². The van der Waals surface area contributed by atoms with Gasteiger partial charge >= 0.3 is 11.9 Å². The number of anilines is 4. The molecule has 8 nitrogen and oxygen atoms in total. The number of methoxy groups -OCH3 is 2. The zero-order chi connectivity index (χ0) is 36.7. The van der Waals surface area contributed by atoms with Crippen molar-refractivity contribution in [1.29, 1.82) is 0 Å². The summed E-state index contributed by atoms with van der Waals surface area (Å²) < 4.78 is 12.3. The second-order valence-corrected chi connectivity index (χ2v) is 14.6. The Hall–Kier alpha value is -5.88. The van der Waals surface area contributed by atoms with Crippen molar-refractivity contribution < 1.29 is 19.1 Å². The third-order valence-electron chi connectivity index (χ3n) is 8.23. The van der Waals surface area contributed by atoms with E-state index in [0.29, 0.717) is 15.6 Å². The number of halogens is 1. The van der Waals surface area contributed by atoms with E-state index < -0.39 is 0 Å². The molecular formula is C42H31BrN4O4S2. The number of esters is 2. The highest BCUT2D eigenvalue weighted by Crippen LogP contribution is 2.37. The van der Waals surface area contributed by atoms with Gasteiger partial charge in [-0.15, -0.1) is 22.7 Å². The molecule has 0 bridgehead atoms. The monoisotopic (exact) mass is 798 g/mol. The highest BCUT2D eigenvalue weighted by Gasteiger charge is 2.16. The number of hydrogen-bond acceptors (Lipinski definition) is 10. The van der Waals surface area contributed by atoms with Crippen LogP contribution in [0.2, 0.25) is 0 Å². The molecule has 4 aromatic carbocycles. The van der Waals surface area contributed by atoms with E-state index in [1.807, 2.05) is 78.9 Å². The molecule has 2 N–H and O–H groups in total. The van der Waals surface area contributed by atoms with E-state index in [-0.39, 0.29) is 11.9 Å². The van der Waals surface area contributed by atoms with Crippen LogP contribution in [0.1, 0.15) is 19.3 Å². The molecule has 0 atom stereocenters. The molecule has 0 spiro atoms. The predicted octanol–water partition coefficient (Wildman–Crippen LogP) is 11.7. The molecule has 0 saturated carbocycles. The summed E-state index contributed by atoms with van der Waals surface area (Å²) in [6.45, 7) is 0. The number of rotatable bonds is 8. The molecule has 0 radical (unpaired) electrons. The van der Waals surface area contributed by atoms with Crippen molar-refractivity contribution >= 4 is 93.7 Å². The topological polar surface area (TPSA) is 102 Å². The number of thiophene rings is 2. The Morgan fingerprint density at radius 1 is 0.585 bits per heavy atom. The lowest BCUT2D eigenvalue weighted by atomic mass is 10.1. The third kappa shape index (κ3) is 8.12. The first-order valence-electron chi connectivity index (χ1n) is 16.4. The van der Waals surface area contributed by atoms with Gasteiger partial charge in [0.2, 0.25) is 0 Å². The van der Waals surface area contributed by atoms with Crippen LogP contribution in [0.5, 0.6) is 0 Å². The average molecular weight is 800 g/mol. The predicted molar refractivity (Wildman–Crippen MR) is 220 cm³/mol. The van der Waals surface area contributed by atoms with Crippen LogP contribution in [0.25, 0.3) is 42.4 Å². The van der Waals surface area contributed by atoms with E-state index in [2.05, 4.69) is 85.1 Å². The Morgan fingerprint density at radius 3 is 1.58 bits per heavy atom. The van der Waals surface area contributed by atoms with E-state index in [9.17, 15) is 9.59 Å². The summed E-state index contributed by atoms with van der Waals surface area (Å²) in [5, 5.41) is 8.59. The largest absolute Gasteiger partial charge is 0.465 e. The van der Waals surface area contributed by atoms with Crippen molar-refractivity contribution in [1.82, 2.24) is 9.97 Å². The lowest BCUT2D eigenvalue weighted by Crippen LogP contribution is -1.96. The molecule has 8 rings (SSSR count). The lowest BCUT2D eigenvalue weighted by molar-refractivity contribution is 0.0597. The van der Waals surface area contributed by atoms with Crippen molar-refractivity contribution in [3.63, 3.8) is 0 Å². The highest BCUT2D eigenvalue weighted by atomic mass is 79.9. The van der Waals surface area contributed by atoms with Gasteiger partial charge in [-0.25, -0.2) is 19.6 Å². The number of fused-ring (bicyclic) bond motifs is 2. The van der Waals surface area contributed by atoms with Gasteiger partial charge in [0, 0.05) is 33.6 Å². The molecular weight excluding hydrogens is 769 g/mol. The van der Waals surface area contributed by atoms with E-state index >= 15 is 0 Å². The first-order chi connectivity index (χ1) is 25.9. The minimum atomic E-state index is -0.346. The first kappa shape index (κ1) is 35.5. The number of pyridine rings is 2. The Labute approximate surface area is 322 Å². The molecule has 4 heterocycles. The second-order valence-electron chi connectivity index (χ2n) is 11.6. The zero-order valence-electron chi connectivity index (χ0n) is 28.5. The van der Waals surface area contributed by atoms with Gasteiger partial charge in [0.1, 0.15) is 21.4 Å². The van der Waals surface area contributed by atoms with Gasteiger partial charge in [0.05, 0.1) is 23.6 Å². The number of carbonyl (C=O) groups excluding carboxylic acids is 2. The first-order valence-corrected chi connectivity index (χ1v) is 18.8. The van der Waals surface area contributed by atoms with Crippen LogP contribution in [0.3, 0.4) is 0 Å². The fraction of sp³-hybridized carbons (Fsp3) is 0.0476. The number of aromatic nitrogens is 2. The van der Waals surface area contributed by atoms with Crippen molar-refractivity contribution in [3.8, 4) is 22.3 Å². The zero-order valence-corrected chi connectivity index (χ0v) is 31.7. The van der Waals surface area contributed by atoms with Crippen molar-refractivity contribution in [2.24, 2.45) is 0 Å². The third-order valence-corrected chi connectivity index (χ3v) is 11.1. The maximum Gasteiger partial charge on any atom is 0.348 e. The molecule has 53 heavy (non-hydrogen) atoms. The van der Waals surface area contributed by atoms with Gasteiger partial charge in [-0.3, -0.25) is 0 Å². The summed E-state index contributed by atoms with van der Waals surface area (Å²) >= 11 is 6.24. The van der Waals surface area contributed by atoms with Gasteiger partial charge in [-0.05, 0) is 86.0 Å². The van der Waals surface area contributed by atoms with E-state index in [1.54, 1.807) is 12.4 Å². The van der Waals surface area contributed by atoms with Gasteiger partial charge in [0.15, 0.2) is 0 Å². The number of carbonyl (C=O) groups is 2. The summed E-state index contributed by atoms with van der Waals surface area (Å²) in [5.41, 5.74) is 6.54. The van der Waals surface area contributed by atoms with Gasteiger partial charge in [0.25, 0.3) is 0 Å². The minimum absolute atomic E-state index is 0.329. The van der Waals surface area contributed by atoms with Crippen LogP contribution in [0.15, 0.2) is 144 Å². The quantitative estimate of drug-likeness (QED) is 0.147. The van der Waals surface area contributed by atoms with Crippen LogP contribution in [0.4, 0.5) is 23.0 Å². The molecule has 262 valence electrons. The van der Waals surface area contributed by atoms with Gasteiger partial charge < -0.3 is 20.1 Å². The molecule has 11 heteroatoms. The number of ether oxygens (including phenoxy) is 2. The van der Waals surface area contributed by atoms with Gasteiger partial charge in [-0.2, -0.15) is 0 Å². The SMILES string of the molecule is COC(=O)c1cc2c(Br)cnc(Nc3ccc(-c4ccccc4)cc3)c2s1.COC(=O)c1cc2ccnc(Nc3ccc(-c4ccccc4)cc3)c2s1. The number of nitrogens with zero attached hydrogens (tertiary/aromatic N) is 2. The lowest BCUT2D eigenvalue weighted by Gasteiger charge is -2.08. The van der Waals surface area contributed by atoms with Crippen LogP contribution >= 0.6 is 38.6 Å². The van der Waals surface area contributed by atoms with Crippen LogP contribution < -0.4 is 10.6 Å². The maximum absolute atomic E-state index is 11.9. The standard InChI is InChI=1S/C21H15BrN2O2S.C21H16N2O2S/c1-26-21(25)18-11-16-17(22)12-23-20(19(16)27-18)24-15-9-7-14(8-10-15)13-5-3-2-4-6-13;1-25-21(24)18-13-16-11-12-22-20(19(16)26-18)23-17-9-7-15(8-10-17)14-5-3-2-4-6-14/h2-12H,1H3,(H,23,24);2-13H,1H3,(H,22,23). The Balaban J connectivity index is 0.000000164. The molecule has 0 aliphatic carbocycles. The van der Waals surface area contributed by atoms with Crippen LogP contribution in [-0.4, -0.2) is 36.1 Å². The number of nitrogens with one attached hydrogen (secondary N) is 2. The highest BCUT2D eigenvalue weighted by molar-refractivity contribution is 9.10. The summed E-state index contributed by atoms with van der Waals surface area (Å²) in [6, 6.07) is 42.4. The van der Waals surface area contributed by atoms with Crippen molar-refractivity contribution in [2.45, 2.75) is 0 Å². The molecule has 0 aliphatic rings. The molecule has 4 aromatic heterocycles.